The average molecular weight is 245 g/mol. The normalized spacial score (nSPS) is 40.0. The van der Waals surface area contributed by atoms with Gasteiger partial charge in [-0.25, -0.2) is 4.79 Å². The number of hydrogen-bond acceptors (Lipinski definition) is 4. The molecule has 0 radical (unpaired) electrons. The topological polar surface area (TPSA) is 35.5 Å². The second-order valence-corrected chi connectivity index (χ2v) is 5.52. The van der Waals surface area contributed by atoms with Crippen LogP contribution in [0.1, 0.15) is 6.92 Å². The maximum Gasteiger partial charge on any atom is 0.341 e. The summed E-state index contributed by atoms with van der Waals surface area (Å²) in [6.07, 6.45) is 0. The lowest BCUT2D eigenvalue weighted by molar-refractivity contribution is -0.146. The van der Waals surface area contributed by atoms with Crippen molar-refractivity contribution < 1.29 is 14.3 Å². The van der Waals surface area contributed by atoms with Crippen molar-refractivity contribution in [2.24, 2.45) is 0 Å². The fraction of sp³-hybridized carbons (Fsp3) is 0.857. The van der Waals surface area contributed by atoms with Crippen molar-refractivity contribution in [3.05, 3.63) is 0 Å². The predicted molar refractivity (Wildman–Crippen MR) is 53.3 cm³/mol. The summed E-state index contributed by atoms with van der Waals surface area (Å²) in [4.78, 5) is 11.4. The molecule has 0 aromatic carbocycles. The van der Waals surface area contributed by atoms with Crippen LogP contribution in [0.5, 0.6) is 0 Å². The number of ether oxygens (including phenoxy) is 2. The number of carbonyl (C=O) groups is 1. The van der Waals surface area contributed by atoms with Gasteiger partial charge in [-0.15, -0.1) is 11.8 Å². The van der Waals surface area contributed by atoms with E-state index in [9.17, 15) is 4.79 Å². The Morgan fingerprint density at radius 3 is 2.69 bits per heavy atom. The maximum atomic E-state index is 11.4. The molecule has 0 spiro atoms. The van der Waals surface area contributed by atoms with E-state index in [-0.39, 0.29) is 0 Å². The third-order valence-corrected chi connectivity index (χ3v) is 4.55. The summed E-state index contributed by atoms with van der Waals surface area (Å²) in [5.41, 5.74) is 0. The summed E-state index contributed by atoms with van der Waals surface area (Å²) in [7, 11) is 1.27. The van der Waals surface area contributed by atoms with Gasteiger partial charge in [0.2, 0.25) is 4.21 Å². The Morgan fingerprint density at radius 2 is 2.23 bits per heavy atom. The molecule has 3 nitrogen and oxygen atoms in total. The molecule has 0 bridgehead atoms. The van der Waals surface area contributed by atoms with Crippen molar-refractivity contribution in [3.63, 3.8) is 0 Å². The van der Waals surface area contributed by atoms with Crippen LogP contribution in [0.3, 0.4) is 0 Å². The second-order valence-electron chi connectivity index (χ2n) is 2.70. The van der Waals surface area contributed by atoms with E-state index in [1.54, 1.807) is 6.92 Å². The number of halogens is 2. The fourth-order valence-electron chi connectivity index (χ4n) is 1.01. The largest absolute Gasteiger partial charge is 0.467 e. The Morgan fingerprint density at radius 1 is 1.62 bits per heavy atom. The molecule has 6 heteroatoms. The Kier molecular flexibility index (Phi) is 3.38. The van der Waals surface area contributed by atoms with Gasteiger partial charge in [-0.2, -0.15) is 0 Å². The van der Waals surface area contributed by atoms with Crippen LogP contribution in [-0.4, -0.2) is 34.7 Å². The van der Waals surface area contributed by atoms with E-state index in [4.69, 9.17) is 27.9 Å². The molecule has 1 aliphatic heterocycles. The zero-order valence-corrected chi connectivity index (χ0v) is 9.63. The standard InChI is InChI=1S/C7H10Cl2O3S/c1-6(8)7(9,5(10)11-2)13-4-3-12-6/h3-4H2,1-2H3/t6-,7-/m1/s1. The average Bonchev–Trinajstić information content (AvgIpc) is 2.08. The lowest BCUT2D eigenvalue weighted by atomic mass is 10.2. The first-order valence-corrected chi connectivity index (χ1v) is 5.42. The highest BCUT2D eigenvalue weighted by Crippen LogP contribution is 2.48. The van der Waals surface area contributed by atoms with E-state index < -0.39 is 15.2 Å². The molecule has 0 aromatic heterocycles. The Labute approximate surface area is 91.0 Å². The highest BCUT2D eigenvalue weighted by molar-refractivity contribution is 8.02. The third kappa shape index (κ3) is 1.91. The molecular formula is C7H10Cl2O3S. The number of carbonyl (C=O) groups excluding carboxylic acids is 1. The first kappa shape index (κ1) is 11.4. The van der Waals surface area contributed by atoms with E-state index in [1.165, 1.54) is 18.9 Å². The Hall–Kier alpha value is 0.360. The molecule has 0 unspecified atom stereocenters. The summed E-state index contributed by atoms with van der Waals surface area (Å²) in [6, 6.07) is 0. The van der Waals surface area contributed by atoms with Gasteiger partial charge in [0.25, 0.3) is 0 Å². The number of rotatable bonds is 1. The highest BCUT2D eigenvalue weighted by Gasteiger charge is 2.56. The third-order valence-electron chi connectivity index (χ3n) is 1.78. The van der Waals surface area contributed by atoms with Crippen molar-refractivity contribution in [2.75, 3.05) is 19.5 Å². The SMILES string of the molecule is COC(=O)[C@@]1(Cl)SCCO[C@@]1(C)Cl. The lowest BCUT2D eigenvalue weighted by Crippen LogP contribution is -2.53. The van der Waals surface area contributed by atoms with Gasteiger partial charge in [0, 0.05) is 5.75 Å². The van der Waals surface area contributed by atoms with Crippen LogP contribution < -0.4 is 0 Å². The summed E-state index contributed by atoms with van der Waals surface area (Å²) >= 11 is 13.3. The van der Waals surface area contributed by atoms with E-state index in [0.717, 1.165) is 0 Å². The van der Waals surface area contributed by atoms with Crippen molar-refractivity contribution in [2.45, 2.75) is 16.2 Å². The van der Waals surface area contributed by atoms with Gasteiger partial charge in [0.1, 0.15) is 0 Å². The number of methoxy groups -OCH3 is 1. The molecule has 13 heavy (non-hydrogen) atoms. The molecule has 76 valence electrons. The summed E-state index contributed by atoms with van der Waals surface area (Å²) in [5.74, 6) is 0.0531. The van der Waals surface area contributed by atoms with Crippen LogP contribution >= 0.6 is 35.0 Å². The Bertz CT molecular complexity index is 222. The molecule has 1 heterocycles. The number of thioether (sulfide) groups is 1. The zero-order valence-electron chi connectivity index (χ0n) is 7.30. The predicted octanol–water partition coefficient (Wildman–Crippen LogP) is 1.81. The van der Waals surface area contributed by atoms with E-state index in [1.807, 2.05) is 0 Å². The van der Waals surface area contributed by atoms with Crippen LogP contribution in [0.25, 0.3) is 0 Å². The van der Waals surface area contributed by atoms with Crippen LogP contribution in [0.2, 0.25) is 0 Å². The molecule has 0 saturated carbocycles. The van der Waals surface area contributed by atoms with Gasteiger partial charge in [-0.3, -0.25) is 0 Å². The lowest BCUT2D eigenvalue weighted by Gasteiger charge is -2.40. The van der Waals surface area contributed by atoms with Gasteiger partial charge in [-0.05, 0) is 6.92 Å². The fourth-order valence-corrected chi connectivity index (χ4v) is 2.66. The van der Waals surface area contributed by atoms with Crippen LogP contribution in [0.15, 0.2) is 0 Å². The quantitative estimate of drug-likeness (QED) is 0.521. The van der Waals surface area contributed by atoms with Crippen LogP contribution in [-0.2, 0) is 14.3 Å². The minimum absolute atomic E-state index is 0.482. The van der Waals surface area contributed by atoms with Gasteiger partial charge >= 0.3 is 5.97 Å². The summed E-state index contributed by atoms with van der Waals surface area (Å²) in [5, 5.41) is -1.22. The maximum absolute atomic E-state index is 11.4. The number of hydrogen-bond donors (Lipinski definition) is 0. The zero-order chi connectivity index (χ0) is 10.1. The Balaban J connectivity index is 2.90. The second kappa shape index (κ2) is 3.85. The van der Waals surface area contributed by atoms with Gasteiger partial charge < -0.3 is 9.47 Å². The van der Waals surface area contributed by atoms with Gasteiger partial charge in [0.15, 0.2) is 5.06 Å². The first-order chi connectivity index (χ1) is 5.94. The molecule has 1 rings (SSSR count). The smallest absolute Gasteiger partial charge is 0.341 e. The monoisotopic (exact) mass is 244 g/mol. The molecule has 0 aliphatic carbocycles. The molecule has 2 atom stereocenters. The molecule has 1 fully saturated rings. The molecule has 1 aliphatic rings. The van der Waals surface area contributed by atoms with Gasteiger partial charge in [0.05, 0.1) is 13.7 Å². The minimum Gasteiger partial charge on any atom is -0.467 e. The van der Waals surface area contributed by atoms with Crippen molar-refractivity contribution >= 4 is 40.9 Å². The molecule has 0 aromatic rings. The molecule has 0 amide bonds. The van der Waals surface area contributed by atoms with E-state index >= 15 is 0 Å². The van der Waals surface area contributed by atoms with Gasteiger partial charge in [-0.1, -0.05) is 23.2 Å². The van der Waals surface area contributed by atoms with E-state index in [2.05, 4.69) is 4.74 Å². The summed E-state index contributed by atoms with van der Waals surface area (Å²) < 4.78 is 8.44. The van der Waals surface area contributed by atoms with Crippen LogP contribution in [0, 0.1) is 0 Å². The first-order valence-electron chi connectivity index (χ1n) is 3.68. The van der Waals surface area contributed by atoms with Crippen LogP contribution in [0.4, 0.5) is 0 Å². The highest BCUT2D eigenvalue weighted by atomic mass is 35.5. The number of esters is 1. The van der Waals surface area contributed by atoms with Crippen molar-refractivity contribution in [1.82, 2.24) is 0 Å². The molecule has 1 saturated heterocycles. The molecule has 0 N–H and O–H groups in total. The van der Waals surface area contributed by atoms with Crippen molar-refractivity contribution in [1.29, 1.82) is 0 Å². The molecular weight excluding hydrogens is 235 g/mol. The summed E-state index contributed by atoms with van der Waals surface area (Å²) in [6.45, 7) is 2.04. The minimum atomic E-state index is -1.35. The van der Waals surface area contributed by atoms with E-state index in [0.29, 0.717) is 12.4 Å². The van der Waals surface area contributed by atoms with Crippen molar-refractivity contribution in [3.8, 4) is 0 Å². The number of alkyl halides is 2.